The molecule has 0 fully saturated rings. The molecular weight excluding hydrogens is 334 g/mol. The van der Waals surface area contributed by atoms with Crippen molar-refractivity contribution in [1.29, 1.82) is 0 Å². The lowest BCUT2D eigenvalue weighted by molar-refractivity contribution is -0.524. The predicted octanol–water partition coefficient (Wildman–Crippen LogP) is 1.11. The Balaban J connectivity index is 0.000000351. The van der Waals surface area contributed by atoms with E-state index in [1.54, 1.807) is 0 Å². The molecule has 0 unspecified atom stereocenters. The number of hydrogen-bond donors (Lipinski definition) is 0. The van der Waals surface area contributed by atoms with Crippen molar-refractivity contribution in [2.75, 3.05) is 26.3 Å². The molecule has 2 rings (SSSR count). The Labute approximate surface area is 142 Å². The van der Waals surface area contributed by atoms with E-state index in [1.165, 1.54) is 12.5 Å². The molecule has 24 heavy (non-hydrogen) atoms. The predicted molar refractivity (Wildman–Crippen MR) is 87.9 cm³/mol. The van der Waals surface area contributed by atoms with Crippen LogP contribution >= 0.6 is 0 Å². The van der Waals surface area contributed by atoms with Gasteiger partial charge in [-0.25, -0.2) is 17.8 Å². The molecule has 0 aliphatic carbocycles. The molecule has 1 aromatic carbocycles. The lowest BCUT2D eigenvalue weighted by Gasteiger charge is -2.16. The van der Waals surface area contributed by atoms with Crippen LogP contribution in [0.2, 0.25) is 0 Å². The smallest absolute Gasteiger partial charge is 0.403 e. The highest BCUT2D eigenvalue weighted by molar-refractivity contribution is 7.80. The molecule has 0 N–H and O–H groups in total. The molecule has 0 saturated carbocycles. The molecule has 0 saturated heterocycles. The summed E-state index contributed by atoms with van der Waals surface area (Å²) < 4.78 is 39.3. The van der Waals surface area contributed by atoms with Gasteiger partial charge in [0.1, 0.15) is 13.1 Å². The van der Waals surface area contributed by atoms with Crippen LogP contribution in [0.5, 0.6) is 0 Å². The van der Waals surface area contributed by atoms with Gasteiger partial charge in [0.2, 0.25) is 10.4 Å². The molecule has 0 amide bonds. The van der Waals surface area contributed by atoms with E-state index in [2.05, 4.69) is 21.7 Å². The quantitative estimate of drug-likeness (QED) is 0.339. The molecule has 1 aromatic rings. The van der Waals surface area contributed by atoms with Crippen molar-refractivity contribution in [3.05, 3.63) is 35.4 Å². The van der Waals surface area contributed by atoms with Crippen molar-refractivity contribution < 1.29 is 31.3 Å². The highest BCUT2D eigenvalue weighted by Gasteiger charge is 2.31. The Morgan fingerprint density at radius 1 is 1.21 bits per heavy atom. The van der Waals surface area contributed by atoms with E-state index in [9.17, 15) is 17.8 Å². The molecule has 0 spiro atoms. The first-order chi connectivity index (χ1) is 11.3. The van der Waals surface area contributed by atoms with Crippen molar-refractivity contribution in [2.45, 2.75) is 27.2 Å². The number of esters is 1. The summed E-state index contributed by atoms with van der Waals surface area (Å²) in [6, 6.07) is 8.07. The number of rotatable bonds is 5. The number of fused-ring (bicyclic) bond motifs is 1. The number of carbonyl (C=O) groups is 1. The van der Waals surface area contributed by atoms with Crippen molar-refractivity contribution in [2.24, 2.45) is 0 Å². The first kappa shape index (κ1) is 20.3. The second kappa shape index (κ2) is 9.51. The number of likely N-dealkylation sites (N-methyl/N-ethyl adjacent to an activating group) is 1. The molecule has 134 valence electrons. The number of carbonyl (C=O) groups excluding carboxylic acids is 1. The molecule has 8 heteroatoms. The second-order valence-electron chi connectivity index (χ2n) is 4.87. The number of hydrogen-bond acceptors (Lipinski definition) is 6. The van der Waals surface area contributed by atoms with Gasteiger partial charge in [-0.15, -0.1) is 0 Å². The first-order valence-electron chi connectivity index (χ1n) is 7.81. The molecule has 0 atom stereocenters. The molecule has 0 bridgehead atoms. The Kier molecular flexibility index (Phi) is 8.03. The maximum absolute atomic E-state index is 12.0. The molecule has 0 radical (unpaired) electrons. The van der Waals surface area contributed by atoms with E-state index >= 15 is 0 Å². The van der Waals surface area contributed by atoms with Gasteiger partial charge in [-0.05, 0) is 32.4 Å². The van der Waals surface area contributed by atoms with Gasteiger partial charge < -0.3 is 9.29 Å². The molecule has 1 aliphatic rings. The van der Waals surface area contributed by atoms with E-state index in [4.69, 9.17) is 4.74 Å². The van der Waals surface area contributed by atoms with E-state index in [-0.39, 0.29) is 12.6 Å². The Hall–Kier alpha value is -1.77. The average Bonchev–Trinajstić information content (AvgIpc) is 2.53. The molecule has 1 aliphatic heterocycles. The van der Waals surface area contributed by atoms with E-state index < -0.39 is 10.4 Å². The third kappa shape index (κ3) is 6.03. The number of nitrogens with zero attached hydrogens (tertiary/aromatic N) is 1. The average molecular weight is 357 g/mol. The zero-order valence-corrected chi connectivity index (χ0v) is 15.0. The highest BCUT2D eigenvalue weighted by atomic mass is 32.3. The maximum Gasteiger partial charge on any atom is 0.403 e. The summed E-state index contributed by atoms with van der Waals surface area (Å²) in [6.07, 6.45) is 0.993. The minimum atomic E-state index is -4.42. The number of benzene rings is 1. The van der Waals surface area contributed by atoms with Crippen LogP contribution in [0.4, 0.5) is 0 Å². The van der Waals surface area contributed by atoms with Gasteiger partial charge in [0.15, 0.2) is 0 Å². The minimum Gasteiger partial charge on any atom is -0.726 e. The van der Waals surface area contributed by atoms with Gasteiger partial charge in [0.05, 0.1) is 18.8 Å². The van der Waals surface area contributed by atoms with Gasteiger partial charge in [-0.2, -0.15) is 0 Å². The van der Waals surface area contributed by atoms with Crippen LogP contribution in [-0.4, -0.2) is 55.5 Å². The zero-order valence-electron chi connectivity index (χ0n) is 14.1. The van der Waals surface area contributed by atoms with Crippen molar-refractivity contribution >= 4 is 22.1 Å². The summed E-state index contributed by atoms with van der Waals surface area (Å²) in [5.74, 6) is -0.207. The molecule has 1 heterocycles. The SMILES string of the molecule is CCOC(=O)C1=[N+](CC)CCc2ccccc21.CCOS(=O)(=O)[O-]. The van der Waals surface area contributed by atoms with Gasteiger partial charge in [-0.3, -0.25) is 4.18 Å². The normalized spacial score (nSPS) is 13.7. The lowest BCUT2D eigenvalue weighted by atomic mass is 9.97. The van der Waals surface area contributed by atoms with Crippen LogP contribution in [0.3, 0.4) is 0 Å². The van der Waals surface area contributed by atoms with Crippen LogP contribution in [0.1, 0.15) is 31.9 Å². The van der Waals surface area contributed by atoms with Crippen LogP contribution in [0, 0.1) is 0 Å². The second-order valence-corrected chi connectivity index (χ2v) is 5.92. The highest BCUT2D eigenvalue weighted by Crippen LogP contribution is 2.16. The molecular formula is C16H23NO6S. The maximum atomic E-state index is 12.0. The Morgan fingerprint density at radius 2 is 1.88 bits per heavy atom. The van der Waals surface area contributed by atoms with E-state index in [0.29, 0.717) is 6.61 Å². The Bertz CT molecular complexity index is 696. The Morgan fingerprint density at radius 3 is 2.38 bits per heavy atom. The van der Waals surface area contributed by atoms with Gasteiger partial charge in [-0.1, -0.05) is 18.2 Å². The summed E-state index contributed by atoms with van der Waals surface area (Å²) in [6.45, 7) is 7.38. The van der Waals surface area contributed by atoms with Crippen LogP contribution < -0.4 is 0 Å². The van der Waals surface area contributed by atoms with Crippen LogP contribution in [-0.2, 0) is 30.5 Å². The minimum absolute atomic E-state index is 0.0914. The topological polar surface area (TPSA) is 95.7 Å². The lowest BCUT2D eigenvalue weighted by Crippen LogP contribution is -2.36. The van der Waals surface area contributed by atoms with Gasteiger partial charge >= 0.3 is 5.97 Å². The summed E-state index contributed by atoms with van der Waals surface area (Å²) >= 11 is 0. The third-order valence-electron chi connectivity index (χ3n) is 3.35. The summed E-state index contributed by atoms with van der Waals surface area (Å²) in [5, 5.41) is 0. The standard InChI is InChI=1S/C14H18NO2.C2H6O4S/c1-3-15-10-9-11-7-5-6-8-12(11)13(15)14(16)17-4-2;1-2-6-7(3,4)5/h5-8H,3-4,9-10H2,1-2H3;2H2,1H3,(H,3,4,5)/q+1;/p-1. The monoisotopic (exact) mass is 357 g/mol. The summed E-state index contributed by atoms with van der Waals surface area (Å²) in [4.78, 5) is 12.0. The number of ether oxygens (including phenoxy) is 1. The fourth-order valence-electron chi connectivity index (χ4n) is 2.41. The van der Waals surface area contributed by atoms with Crippen LogP contribution in [0.25, 0.3) is 0 Å². The summed E-state index contributed by atoms with van der Waals surface area (Å²) in [7, 11) is -4.42. The summed E-state index contributed by atoms with van der Waals surface area (Å²) in [5.41, 5.74) is 2.98. The molecule has 0 aromatic heterocycles. The third-order valence-corrected chi connectivity index (χ3v) is 3.88. The van der Waals surface area contributed by atoms with Crippen LogP contribution in [0.15, 0.2) is 24.3 Å². The first-order valence-corrected chi connectivity index (χ1v) is 9.14. The molecule has 7 nitrogen and oxygen atoms in total. The van der Waals surface area contributed by atoms with Crippen molar-refractivity contribution in [3.63, 3.8) is 0 Å². The van der Waals surface area contributed by atoms with Gasteiger partial charge in [0.25, 0.3) is 5.71 Å². The van der Waals surface area contributed by atoms with E-state index in [0.717, 1.165) is 30.8 Å². The fourth-order valence-corrected chi connectivity index (χ4v) is 2.69. The largest absolute Gasteiger partial charge is 0.726 e. The van der Waals surface area contributed by atoms with E-state index in [1.807, 2.05) is 25.1 Å². The van der Waals surface area contributed by atoms with Crippen molar-refractivity contribution in [3.8, 4) is 0 Å². The van der Waals surface area contributed by atoms with Crippen molar-refractivity contribution in [1.82, 2.24) is 0 Å². The zero-order chi connectivity index (χ0) is 18.2. The van der Waals surface area contributed by atoms with Gasteiger partial charge in [0, 0.05) is 6.42 Å². The fraction of sp³-hybridized carbons (Fsp3) is 0.500.